The Labute approximate surface area is 120 Å². The van der Waals surface area contributed by atoms with E-state index in [0.717, 1.165) is 31.2 Å². The fourth-order valence-corrected chi connectivity index (χ4v) is 2.48. The van der Waals surface area contributed by atoms with Crippen molar-refractivity contribution >= 4 is 5.91 Å². The van der Waals surface area contributed by atoms with Crippen molar-refractivity contribution in [1.82, 2.24) is 5.32 Å². The monoisotopic (exact) mass is 277 g/mol. The average Bonchev–Trinajstić information content (AvgIpc) is 2.41. The summed E-state index contributed by atoms with van der Waals surface area (Å²) in [5.74, 6) is 0.625. The maximum Gasteiger partial charge on any atom is 0.260 e. The summed E-state index contributed by atoms with van der Waals surface area (Å²) in [5.41, 5.74) is 1.11. The van der Waals surface area contributed by atoms with Crippen molar-refractivity contribution < 1.29 is 14.6 Å². The second-order valence-electron chi connectivity index (χ2n) is 5.59. The van der Waals surface area contributed by atoms with Gasteiger partial charge in [0.05, 0.1) is 6.10 Å². The summed E-state index contributed by atoms with van der Waals surface area (Å²) in [5, 5.41) is 12.5. The Morgan fingerprint density at radius 2 is 2.05 bits per heavy atom. The number of aliphatic hydroxyl groups is 1. The minimum absolute atomic E-state index is 0.0899. The van der Waals surface area contributed by atoms with Crippen LogP contribution in [0.1, 0.15) is 38.2 Å². The van der Waals surface area contributed by atoms with Crippen molar-refractivity contribution in [2.45, 2.75) is 57.8 Å². The normalized spacial score (nSPS) is 23.9. The first-order chi connectivity index (χ1) is 9.54. The molecule has 20 heavy (non-hydrogen) atoms. The molecule has 0 saturated heterocycles. The molecule has 1 amide bonds. The topological polar surface area (TPSA) is 58.6 Å². The second-order valence-corrected chi connectivity index (χ2v) is 5.59. The van der Waals surface area contributed by atoms with Gasteiger partial charge >= 0.3 is 0 Å². The smallest absolute Gasteiger partial charge is 0.260 e. The van der Waals surface area contributed by atoms with Crippen molar-refractivity contribution in [2.75, 3.05) is 0 Å². The van der Waals surface area contributed by atoms with Gasteiger partial charge in [0, 0.05) is 6.04 Å². The van der Waals surface area contributed by atoms with E-state index in [2.05, 4.69) is 5.32 Å². The summed E-state index contributed by atoms with van der Waals surface area (Å²) < 4.78 is 5.66. The molecule has 2 rings (SSSR count). The van der Waals surface area contributed by atoms with E-state index in [0.29, 0.717) is 5.75 Å². The number of aliphatic hydroxyl groups excluding tert-OH is 1. The lowest BCUT2D eigenvalue weighted by Gasteiger charge is -2.27. The number of hydrogen-bond donors (Lipinski definition) is 2. The largest absolute Gasteiger partial charge is 0.481 e. The predicted octanol–water partition coefficient (Wildman–Crippen LogP) is 2.18. The fraction of sp³-hybridized carbons (Fsp3) is 0.562. The van der Waals surface area contributed by atoms with E-state index >= 15 is 0 Å². The third-order valence-electron chi connectivity index (χ3n) is 3.71. The quantitative estimate of drug-likeness (QED) is 0.887. The second kappa shape index (κ2) is 6.75. The lowest BCUT2D eigenvalue weighted by molar-refractivity contribution is -0.128. The summed E-state index contributed by atoms with van der Waals surface area (Å²) >= 11 is 0. The third-order valence-corrected chi connectivity index (χ3v) is 3.71. The Kier molecular flexibility index (Phi) is 5.01. The van der Waals surface area contributed by atoms with E-state index in [1.54, 1.807) is 6.92 Å². The molecule has 1 aliphatic rings. The molecule has 4 nitrogen and oxygen atoms in total. The minimum atomic E-state index is -0.511. The van der Waals surface area contributed by atoms with Crippen molar-refractivity contribution in [3.05, 3.63) is 29.8 Å². The molecule has 1 unspecified atom stereocenters. The number of nitrogens with one attached hydrogen (secondary N) is 1. The molecule has 110 valence electrons. The van der Waals surface area contributed by atoms with Gasteiger partial charge in [-0.3, -0.25) is 4.79 Å². The molecule has 1 saturated carbocycles. The van der Waals surface area contributed by atoms with Crippen LogP contribution < -0.4 is 10.1 Å². The third kappa shape index (κ3) is 4.23. The average molecular weight is 277 g/mol. The number of rotatable bonds is 4. The predicted molar refractivity (Wildman–Crippen MR) is 77.7 cm³/mol. The van der Waals surface area contributed by atoms with Crippen molar-refractivity contribution in [3.8, 4) is 5.75 Å². The molecule has 0 radical (unpaired) electrons. The van der Waals surface area contributed by atoms with E-state index in [4.69, 9.17) is 4.74 Å². The van der Waals surface area contributed by atoms with Crippen LogP contribution in [0.15, 0.2) is 24.3 Å². The maximum atomic E-state index is 12.1. The Morgan fingerprint density at radius 3 is 2.70 bits per heavy atom. The Bertz CT molecular complexity index is 453. The van der Waals surface area contributed by atoms with Gasteiger partial charge in [0.25, 0.3) is 5.91 Å². The van der Waals surface area contributed by atoms with Gasteiger partial charge in [-0.2, -0.15) is 0 Å². The zero-order valence-corrected chi connectivity index (χ0v) is 12.1. The standard InChI is InChI=1S/C16H23NO3/c1-11-4-3-5-15(10-11)20-12(2)16(19)17-13-6-8-14(18)9-7-13/h3-5,10,12-14,18H,6-9H2,1-2H3,(H,17,19). The molecule has 1 aliphatic carbocycles. The van der Waals surface area contributed by atoms with Crippen molar-refractivity contribution in [2.24, 2.45) is 0 Å². The summed E-state index contributed by atoms with van der Waals surface area (Å²) in [4.78, 5) is 12.1. The van der Waals surface area contributed by atoms with Crippen LogP contribution in [0.2, 0.25) is 0 Å². The van der Waals surface area contributed by atoms with Crippen LogP contribution in [-0.4, -0.2) is 29.3 Å². The molecule has 0 aliphatic heterocycles. The molecule has 1 aromatic rings. The van der Waals surface area contributed by atoms with Gasteiger partial charge in [-0.1, -0.05) is 12.1 Å². The van der Waals surface area contributed by atoms with Gasteiger partial charge in [0.1, 0.15) is 5.75 Å². The molecule has 1 aromatic carbocycles. The van der Waals surface area contributed by atoms with E-state index < -0.39 is 6.10 Å². The van der Waals surface area contributed by atoms with Crippen LogP contribution in [0.25, 0.3) is 0 Å². The van der Waals surface area contributed by atoms with Gasteiger partial charge in [0.2, 0.25) is 0 Å². The van der Waals surface area contributed by atoms with Crippen LogP contribution >= 0.6 is 0 Å². The Morgan fingerprint density at radius 1 is 1.35 bits per heavy atom. The fourth-order valence-electron chi connectivity index (χ4n) is 2.48. The highest BCUT2D eigenvalue weighted by Crippen LogP contribution is 2.19. The molecule has 1 fully saturated rings. The molecule has 1 atom stereocenters. The SMILES string of the molecule is Cc1cccc(OC(C)C(=O)NC2CCC(O)CC2)c1. The van der Waals surface area contributed by atoms with Gasteiger partial charge < -0.3 is 15.2 Å². The molecular formula is C16H23NO3. The Hall–Kier alpha value is -1.55. The molecule has 4 heteroatoms. The molecule has 0 spiro atoms. The number of carbonyl (C=O) groups is 1. The van der Waals surface area contributed by atoms with E-state index in [-0.39, 0.29) is 18.1 Å². The van der Waals surface area contributed by atoms with Crippen LogP contribution in [0.3, 0.4) is 0 Å². The van der Waals surface area contributed by atoms with Crippen LogP contribution in [0.4, 0.5) is 0 Å². The van der Waals surface area contributed by atoms with Crippen LogP contribution in [0, 0.1) is 6.92 Å². The first-order valence-corrected chi connectivity index (χ1v) is 7.26. The Balaban J connectivity index is 1.83. The van der Waals surface area contributed by atoms with Crippen LogP contribution in [-0.2, 0) is 4.79 Å². The highest BCUT2D eigenvalue weighted by molar-refractivity contribution is 5.81. The summed E-state index contributed by atoms with van der Waals surface area (Å²) in [6.45, 7) is 3.75. The number of carbonyl (C=O) groups excluding carboxylic acids is 1. The van der Waals surface area contributed by atoms with Crippen molar-refractivity contribution in [1.29, 1.82) is 0 Å². The molecular weight excluding hydrogens is 254 g/mol. The number of benzene rings is 1. The van der Waals surface area contributed by atoms with E-state index in [1.165, 1.54) is 0 Å². The van der Waals surface area contributed by atoms with Gasteiger partial charge in [-0.15, -0.1) is 0 Å². The number of hydrogen-bond acceptors (Lipinski definition) is 3. The van der Waals surface area contributed by atoms with Crippen LogP contribution in [0.5, 0.6) is 5.75 Å². The van der Waals surface area contributed by atoms with Gasteiger partial charge in [0.15, 0.2) is 6.10 Å². The number of ether oxygens (including phenoxy) is 1. The van der Waals surface area contributed by atoms with Gasteiger partial charge in [-0.05, 0) is 57.2 Å². The minimum Gasteiger partial charge on any atom is -0.481 e. The lowest BCUT2D eigenvalue weighted by atomic mass is 9.93. The highest BCUT2D eigenvalue weighted by atomic mass is 16.5. The number of amides is 1. The van der Waals surface area contributed by atoms with Gasteiger partial charge in [-0.25, -0.2) is 0 Å². The zero-order chi connectivity index (χ0) is 14.5. The summed E-state index contributed by atoms with van der Waals surface area (Å²) in [7, 11) is 0. The van der Waals surface area contributed by atoms with Crippen molar-refractivity contribution in [3.63, 3.8) is 0 Å². The van der Waals surface area contributed by atoms with E-state index in [1.807, 2.05) is 31.2 Å². The summed E-state index contributed by atoms with van der Waals surface area (Å²) in [6, 6.07) is 7.84. The lowest BCUT2D eigenvalue weighted by Crippen LogP contribution is -2.44. The first-order valence-electron chi connectivity index (χ1n) is 7.26. The summed E-state index contributed by atoms with van der Waals surface area (Å²) in [6.07, 6.45) is 2.48. The molecule has 0 heterocycles. The zero-order valence-electron chi connectivity index (χ0n) is 12.1. The molecule has 0 aromatic heterocycles. The number of aryl methyl sites for hydroxylation is 1. The molecule has 0 bridgehead atoms. The first kappa shape index (κ1) is 14.9. The van der Waals surface area contributed by atoms with E-state index in [9.17, 15) is 9.90 Å². The molecule has 2 N–H and O–H groups in total. The highest BCUT2D eigenvalue weighted by Gasteiger charge is 2.23. The maximum absolute atomic E-state index is 12.1.